The van der Waals surface area contributed by atoms with Crippen molar-refractivity contribution < 1.29 is 18.0 Å². The van der Waals surface area contributed by atoms with E-state index in [1.54, 1.807) is 17.0 Å². The largest absolute Gasteiger partial charge is 0.352 e. The molecule has 0 unspecified atom stereocenters. The molecule has 0 aliphatic heterocycles. The second kappa shape index (κ2) is 14.7. The lowest BCUT2D eigenvalue weighted by Gasteiger charge is -2.35. The van der Waals surface area contributed by atoms with E-state index in [9.17, 15) is 18.0 Å². The fourth-order valence-corrected chi connectivity index (χ4v) is 6.74. The van der Waals surface area contributed by atoms with E-state index in [4.69, 9.17) is 0 Å². The van der Waals surface area contributed by atoms with Crippen LogP contribution >= 0.6 is 0 Å². The first-order chi connectivity index (χ1) is 20.5. The van der Waals surface area contributed by atoms with Gasteiger partial charge in [-0.2, -0.15) is 0 Å². The first-order valence-corrected chi connectivity index (χ1v) is 17.1. The zero-order valence-corrected chi connectivity index (χ0v) is 26.6. The van der Waals surface area contributed by atoms with Gasteiger partial charge in [0, 0.05) is 19.0 Å². The zero-order valence-electron chi connectivity index (χ0n) is 25.8. The first-order valence-electron chi connectivity index (χ1n) is 15.3. The minimum atomic E-state index is -3.83. The number of aryl methyl sites for hydroxylation is 1. The summed E-state index contributed by atoms with van der Waals surface area (Å²) in [5, 5.41) is 3.25. The summed E-state index contributed by atoms with van der Waals surface area (Å²) in [6.45, 7) is 5.75. The number of rotatable bonds is 12. The van der Waals surface area contributed by atoms with E-state index >= 15 is 0 Å². The molecule has 1 aliphatic rings. The molecule has 4 rings (SSSR count). The molecule has 1 fully saturated rings. The van der Waals surface area contributed by atoms with Crippen LogP contribution in [0.2, 0.25) is 0 Å². The van der Waals surface area contributed by atoms with Gasteiger partial charge < -0.3 is 10.2 Å². The minimum absolute atomic E-state index is 0.0470. The highest BCUT2D eigenvalue weighted by atomic mass is 32.2. The van der Waals surface area contributed by atoms with E-state index in [-0.39, 0.29) is 24.4 Å². The number of hydrogen-bond donors (Lipinski definition) is 1. The van der Waals surface area contributed by atoms with Gasteiger partial charge in [-0.05, 0) is 54.0 Å². The molecule has 1 atom stereocenters. The number of amides is 2. The number of hydrogen-bond acceptors (Lipinski definition) is 4. The van der Waals surface area contributed by atoms with Gasteiger partial charge >= 0.3 is 0 Å². The number of para-hydroxylation sites is 1. The lowest BCUT2D eigenvalue weighted by Crippen LogP contribution is -2.55. The van der Waals surface area contributed by atoms with Crippen LogP contribution in [0.15, 0.2) is 78.9 Å². The van der Waals surface area contributed by atoms with Crippen LogP contribution in [0.3, 0.4) is 0 Å². The average Bonchev–Trinajstić information content (AvgIpc) is 2.99. The highest BCUT2D eigenvalue weighted by molar-refractivity contribution is 7.92. The van der Waals surface area contributed by atoms with Crippen molar-refractivity contribution in [1.29, 1.82) is 0 Å². The normalized spacial score (nSPS) is 14.7. The Bertz CT molecular complexity index is 1480. The monoisotopic (exact) mass is 603 g/mol. The van der Waals surface area contributed by atoms with Gasteiger partial charge in [-0.1, -0.05) is 106 Å². The maximum absolute atomic E-state index is 14.4. The quantitative estimate of drug-likeness (QED) is 0.276. The maximum Gasteiger partial charge on any atom is 0.244 e. The van der Waals surface area contributed by atoms with Crippen molar-refractivity contribution >= 4 is 27.5 Å². The van der Waals surface area contributed by atoms with Crippen LogP contribution < -0.4 is 9.62 Å². The lowest BCUT2D eigenvalue weighted by molar-refractivity contribution is -0.140. The van der Waals surface area contributed by atoms with E-state index in [2.05, 4.69) is 5.32 Å². The van der Waals surface area contributed by atoms with Gasteiger partial charge in [-0.15, -0.1) is 0 Å². The van der Waals surface area contributed by atoms with Gasteiger partial charge in [-0.25, -0.2) is 8.42 Å². The first kappa shape index (κ1) is 32.3. The summed E-state index contributed by atoms with van der Waals surface area (Å²) < 4.78 is 27.6. The standard InChI is InChI=1S/C35H45N3O4S/c1-26(2)31-21-13-14-22-32(31)38(43(4,41)42)25-34(39)37(24-29-18-12-11-15-27(29)3)33(23-28-16-7-5-8-17-28)35(40)36-30-19-9-6-10-20-30/h5,7-8,11-18,21-22,26,30,33H,6,9-10,19-20,23-25H2,1-4H3,(H,36,40)/t33-/m1/s1. The molecule has 0 spiro atoms. The Balaban J connectivity index is 1.76. The number of carbonyl (C=O) groups is 2. The van der Waals surface area contributed by atoms with Gasteiger partial charge in [-0.3, -0.25) is 13.9 Å². The van der Waals surface area contributed by atoms with Crippen LogP contribution in [-0.2, 0) is 32.6 Å². The second-order valence-corrected chi connectivity index (χ2v) is 13.9. The van der Waals surface area contributed by atoms with Crippen LogP contribution in [0.25, 0.3) is 0 Å². The minimum Gasteiger partial charge on any atom is -0.352 e. The fraction of sp³-hybridized carbons (Fsp3) is 0.429. The predicted molar refractivity (Wildman–Crippen MR) is 173 cm³/mol. The summed E-state index contributed by atoms with van der Waals surface area (Å²) in [6.07, 6.45) is 6.58. The number of anilines is 1. The summed E-state index contributed by atoms with van der Waals surface area (Å²) in [7, 11) is -3.83. The van der Waals surface area contributed by atoms with Crippen molar-refractivity contribution in [2.75, 3.05) is 17.1 Å². The third-order valence-corrected chi connectivity index (χ3v) is 9.46. The van der Waals surface area contributed by atoms with Gasteiger partial charge in [0.15, 0.2) is 0 Å². The molecule has 3 aromatic carbocycles. The number of nitrogens with one attached hydrogen (secondary N) is 1. The SMILES string of the molecule is Cc1ccccc1CN(C(=O)CN(c1ccccc1C(C)C)S(C)(=O)=O)[C@H](Cc1ccccc1)C(=O)NC1CCCCC1. The summed E-state index contributed by atoms with van der Waals surface area (Å²) in [6, 6.07) is 24.0. The van der Waals surface area contributed by atoms with Crippen molar-refractivity contribution in [2.24, 2.45) is 0 Å². The number of benzene rings is 3. The number of nitrogens with zero attached hydrogens (tertiary/aromatic N) is 2. The molecule has 0 saturated heterocycles. The summed E-state index contributed by atoms with van der Waals surface area (Å²) in [5.74, 6) is -0.580. The molecular formula is C35H45N3O4S. The van der Waals surface area contributed by atoms with Crippen molar-refractivity contribution in [3.8, 4) is 0 Å². The summed E-state index contributed by atoms with van der Waals surface area (Å²) in [4.78, 5) is 30.1. The van der Waals surface area contributed by atoms with Crippen molar-refractivity contribution in [3.05, 3.63) is 101 Å². The Morgan fingerprint density at radius 1 is 0.884 bits per heavy atom. The molecule has 0 radical (unpaired) electrons. The Hall–Kier alpha value is -3.65. The Morgan fingerprint density at radius 2 is 1.51 bits per heavy atom. The van der Waals surface area contributed by atoms with Crippen LogP contribution in [0.4, 0.5) is 5.69 Å². The average molecular weight is 604 g/mol. The molecule has 3 aromatic rings. The Labute approximate surface area is 257 Å². The molecule has 0 bridgehead atoms. The van der Waals surface area contributed by atoms with Crippen molar-refractivity contribution in [3.63, 3.8) is 0 Å². The molecule has 1 aliphatic carbocycles. The highest BCUT2D eigenvalue weighted by Gasteiger charge is 2.34. The van der Waals surface area contributed by atoms with Gasteiger partial charge in [0.05, 0.1) is 11.9 Å². The topological polar surface area (TPSA) is 86.8 Å². The van der Waals surface area contributed by atoms with Crippen LogP contribution in [-0.4, -0.2) is 50.0 Å². The summed E-state index contributed by atoms with van der Waals surface area (Å²) in [5.41, 5.74) is 4.15. The smallest absolute Gasteiger partial charge is 0.244 e. The molecule has 0 aromatic heterocycles. The van der Waals surface area contributed by atoms with Crippen molar-refractivity contribution in [1.82, 2.24) is 10.2 Å². The van der Waals surface area contributed by atoms with E-state index in [1.165, 1.54) is 4.31 Å². The molecule has 0 heterocycles. The highest BCUT2D eigenvalue weighted by Crippen LogP contribution is 2.29. The van der Waals surface area contributed by atoms with Crippen LogP contribution in [0.5, 0.6) is 0 Å². The second-order valence-electron chi connectivity index (χ2n) is 12.0. The van der Waals surface area contributed by atoms with Crippen molar-refractivity contribution in [2.45, 2.75) is 83.8 Å². The van der Waals surface area contributed by atoms with Crippen LogP contribution in [0.1, 0.15) is 74.1 Å². The lowest BCUT2D eigenvalue weighted by atomic mass is 9.94. The molecular weight excluding hydrogens is 558 g/mol. The van der Waals surface area contributed by atoms with E-state index < -0.39 is 28.5 Å². The molecule has 2 amide bonds. The van der Waals surface area contributed by atoms with Gasteiger partial charge in [0.2, 0.25) is 21.8 Å². The third kappa shape index (κ3) is 8.69. The molecule has 1 saturated carbocycles. The molecule has 8 heteroatoms. The molecule has 1 N–H and O–H groups in total. The van der Waals surface area contributed by atoms with E-state index in [1.807, 2.05) is 87.5 Å². The Morgan fingerprint density at radius 3 is 2.16 bits per heavy atom. The molecule has 230 valence electrons. The zero-order chi connectivity index (χ0) is 31.0. The van der Waals surface area contributed by atoms with E-state index in [0.717, 1.165) is 60.6 Å². The predicted octanol–water partition coefficient (Wildman–Crippen LogP) is 5.97. The van der Waals surface area contributed by atoms with Gasteiger partial charge in [0.1, 0.15) is 12.6 Å². The number of carbonyl (C=O) groups excluding carboxylic acids is 2. The number of sulfonamides is 1. The Kier molecular flexibility index (Phi) is 11.0. The third-order valence-electron chi connectivity index (χ3n) is 8.33. The van der Waals surface area contributed by atoms with E-state index in [0.29, 0.717) is 12.1 Å². The maximum atomic E-state index is 14.4. The van der Waals surface area contributed by atoms with Gasteiger partial charge in [0.25, 0.3) is 0 Å². The van der Waals surface area contributed by atoms with Crippen LogP contribution in [0, 0.1) is 6.92 Å². The summed E-state index contributed by atoms with van der Waals surface area (Å²) >= 11 is 0. The fourth-order valence-electron chi connectivity index (χ4n) is 5.87. The molecule has 7 nitrogen and oxygen atoms in total. The molecule has 43 heavy (non-hydrogen) atoms.